The lowest BCUT2D eigenvalue weighted by atomic mass is 10.3. The van der Waals surface area contributed by atoms with E-state index in [1.165, 1.54) is 0 Å². The minimum absolute atomic E-state index is 0.204. The molecular weight excluding hydrogens is 216 g/mol. The first-order chi connectivity index (χ1) is 8.15. The number of rotatable bonds is 5. The molecule has 1 fully saturated rings. The average molecular weight is 242 g/mol. The standard InChI is InChI=1S/C12H26N4O/c1-4-7-15(11-10-14(2)3)12(17)16-8-5-13-6-9-16/h13H,4-11H2,1-3H3. The van der Waals surface area contributed by atoms with Crippen LogP contribution < -0.4 is 5.32 Å². The number of carbonyl (C=O) groups is 1. The van der Waals surface area contributed by atoms with Crippen LogP contribution in [0.3, 0.4) is 0 Å². The van der Waals surface area contributed by atoms with E-state index in [0.717, 1.165) is 52.2 Å². The zero-order valence-corrected chi connectivity index (χ0v) is 11.4. The Morgan fingerprint density at radius 1 is 1.18 bits per heavy atom. The average Bonchev–Trinajstić information content (AvgIpc) is 2.34. The van der Waals surface area contributed by atoms with Crippen LogP contribution in [-0.4, -0.2) is 80.6 Å². The summed E-state index contributed by atoms with van der Waals surface area (Å²) in [5.41, 5.74) is 0. The van der Waals surface area contributed by atoms with Crippen molar-refractivity contribution in [1.29, 1.82) is 0 Å². The van der Waals surface area contributed by atoms with Crippen molar-refractivity contribution in [2.75, 3.05) is 59.9 Å². The third kappa shape index (κ3) is 4.91. The fraction of sp³-hybridized carbons (Fsp3) is 0.917. The van der Waals surface area contributed by atoms with Gasteiger partial charge in [0.25, 0.3) is 0 Å². The molecule has 1 heterocycles. The van der Waals surface area contributed by atoms with E-state index < -0.39 is 0 Å². The number of likely N-dealkylation sites (N-methyl/N-ethyl adjacent to an activating group) is 1. The van der Waals surface area contributed by atoms with Gasteiger partial charge in [0.05, 0.1) is 0 Å². The fourth-order valence-corrected chi connectivity index (χ4v) is 1.95. The Morgan fingerprint density at radius 2 is 1.82 bits per heavy atom. The molecule has 0 atom stereocenters. The summed E-state index contributed by atoms with van der Waals surface area (Å²) < 4.78 is 0. The summed E-state index contributed by atoms with van der Waals surface area (Å²) in [5.74, 6) is 0. The Hall–Kier alpha value is -0.810. The van der Waals surface area contributed by atoms with Crippen molar-refractivity contribution in [1.82, 2.24) is 20.0 Å². The number of hydrogen-bond acceptors (Lipinski definition) is 3. The van der Waals surface area contributed by atoms with Crippen molar-refractivity contribution in [3.05, 3.63) is 0 Å². The van der Waals surface area contributed by atoms with E-state index in [2.05, 4.69) is 17.1 Å². The monoisotopic (exact) mass is 242 g/mol. The van der Waals surface area contributed by atoms with Crippen LogP contribution >= 0.6 is 0 Å². The maximum atomic E-state index is 12.3. The molecule has 0 aliphatic carbocycles. The summed E-state index contributed by atoms with van der Waals surface area (Å²) in [6.45, 7) is 8.23. The molecule has 0 bridgehead atoms. The molecule has 0 aromatic carbocycles. The summed E-state index contributed by atoms with van der Waals surface area (Å²) in [7, 11) is 4.08. The number of nitrogens with zero attached hydrogens (tertiary/aromatic N) is 3. The van der Waals surface area contributed by atoms with Crippen LogP contribution in [0.15, 0.2) is 0 Å². The number of amides is 2. The second-order valence-electron chi connectivity index (χ2n) is 4.81. The SMILES string of the molecule is CCCN(CCN(C)C)C(=O)N1CCNCC1. The first kappa shape index (κ1) is 14.3. The van der Waals surface area contributed by atoms with Crippen molar-refractivity contribution in [2.24, 2.45) is 0 Å². The van der Waals surface area contributed by atoms with Crippen LogP contribution in [0.25, 0.3) is 0 Å². The van der Waals surface area contributed by atoms with Crippen molar-refractivity contribution in [3.8, 4) is 0 Å². The van der Waals surface area contributed by atoms with Gasteiger partial charge in [0, 0.05) is 45.8 Å². The lowest BCUT2D eigenvalue weighted by Gasteiger charge is -2.33. The van der Waals surface area contributed by atoms with Crippen molar-refractivity contribution in [2.45, 2.75) is 13.3 Å². The lowest BCUT2D eigenvalue weighted by molar-refractivity contribution is 0.142. The van der Waals surface area contributed by atoms with Crippen LogP contribution in [0.4, 0.5) is 4.79 Å². The van der Waals surface area contributed by atoms with Gasteiger partial charge in [0.2, 0.25) is 0 Å². The highest BCUT2D eigenvalue weighted by atomic mass is 16.2. The molecule has 17 heavy (non-hydrogen) atoms. The third-order valence-corrected chi connectivity index (χ3v) is 2.97. The Morgan fingerprint density at radius 3 is 2.35 bits per heavy atom. The Labute approximate surface area is 105 Å². The largest absolute Gasteiger partial charge is 0.323 e. The normalized spacial score (nSPS) is 16.4. The maximum Gasteiger partial charge on any atom is 0.320 e. The van der Waals surface area contributed by atoms with E-state index in [9.17, 15) is 4.79 Å². The molecule has 1 saturated heterocycles. The highest BCUT2D eigenvalue weighted by Crippen LogP contribution is 2.02. The molecule has 0 aromatic rings. The third-order valence-electron chi connectivity index (χ3n) is 2.97. The minimum atomic E-state index is 0.204. The van der Waals surface area contributed by atoms with E-state index in [1.807, 2.05) is 23.9 Å². The highest BCUT2D eigenvalue weighted by Gasteiger charge is 2.21. The molecule has 2 amide bonds. The van der Waals surface area contributed by atoms with Gasteiger partial charge in [-0.2, -0.15) is 0 Å². The topological polar surface area (TPSA) is 38.8 Å². The summed E-state index contributed by atoms with van der Waals surface area (Å²) in [6, 6.07) is 0.204. The maximum absolute atomic E-state index is 12.3. The smallest absolute Gasteiger partial charge is 0.320 e. The van der Waals surface area contributed by atoms with Gasteiger partial charge < -0.3 is 20.0 Å². The van der Waals surface area contributed by atoms with Gasteiger partial charge in [-0.3, -0.25) is 0 Å². The predicted molar refractivity (Wildman–Crippen MR) is 70.3 cm³/mol. The van der Waals surface area contributed by atoms with E-state index in [4.69, 9.17) is 0 Å². The molecule has 5 heteroatoms. The Bertz CT molecular complexity index is 227. The molecule has 1 aliphatic heterocycles. The van der Waals surface area contributed by atoms with E-state index in [1.54, 1.807) is 0 Å². The second kappa shape index (κ2) is 7.50. The first-order valence-electron chi connectivity index (χ1n) is 6.54. The van der Waals surface area contributed by atoms with Crippen LogP contribution in [0.1, 0.15) is 13.3 Å². The zero-order valence-electron chi connectivity index (χ0n) is 11.4. The Balaban J connectivity index is 2.46. The molecule has 100 valence electrons. The van der Waals surface area contributed by atoms with Gasteiger partial charge in [-0.25, -0.2) is 4.79 Å². The molecule has 0 saturated carbocycles. The summed E-state index contributed by atoms with van der Waals surface area (Å²) in [6.07, 6.45) is 1.02. The number of nitrogens with one attached hydrogen (secondary N) is 1. The first-order valence-corrected chi connectivity index (χ1v) is 6.54. The van der Waals surface area contributed by atoms with Crippen molar-refractivity contribution >= 4 is 6.03 Å². The van der Waals surface area contributed by atoms with Crippen molar-refractivity contribution in [3.63, 3.8) is 0 Å². The number of carbonyl (C=O) groups excluding carboxylic acids is 1. The van der Waals surface area contributed by atoms with Crippen LogP contribution in [-0.2, 0) is 0 Å². The summed E-state index contributed by atoms with van der Waals surface area (Å²) >= 11 is 0. The molecule has 0 unspecified atom stereocenters. The number of piperazine rings is 1. The number of hydrogen-bond donors (Lipinski definition) is 1. The van der Waals surface area contributed by atoms with Gasteiger partial charge >= 0.3 is 6.03 Å². The van der Waals surface area contributed by atoms with Gasteiger partial charge in [0.15, 0.2) is 0 Å². The molecule has 5 nitrogen and oxygen atoms in total. The molecule has 1 aliphatic rings. The van der Waals surface area contributed by atoms with Crippen LogP contribution in [0, 0.1) is 0 Å². The molecule has 1 rings (SSSR count). The Kier molecular flexibility index (Phi) is 6.29. The van der Waals surface area contributed by atoms with Gasteiger partial charge in [-0.15, -0.1) is 0 Å². The fourth-order valence-electron chi connectivity index (χ4n) is 1.95. The second-order valence-corrected chi connectivity index (χ2v) is 4.81. The van der Waals surface area contributed by atoms with Gasteiger partial charge in [-0.1, -0.05) is 6.92 Å². The van der Waals surface area contributed by atoms with Gasteiger partial charge in [0.1, 0.15) is 0 Å². The molecule has 0 spiro atoms. The quantitative estimate of drug-likeness (QED) is 0.753. The predicted octanol–water partition coefficient (Wildman–Crippen LogP) is 0.285. The summed E-state index contributed by atoms with van der Waals surface area (Å²) in [5, 5.41) is 3.27. The van der Waals surface area contributed by atoms with E-state index in [-0.39, 0.29) is 6.03 Å². The molecular formula is C12H26N4O. The van der Waals surface area contributed by atoms with Crippen molar-refractivity contribution < 1.29 is 4.79 Å². The highest BCUT2D eigenvalue weighted by molar-refractivity contribution is 5.74. The summed E-state index contributed by atoms with van der Waals surface area (Å²) in [4.78, 5) is 18.4. The van der Waals surface area contributed by atoms with Gasteiger partial charge in [-0.05, 0) is 20.5 Å². The molecule has 1 N–H and O–H groups in total. The number of urea groups is 1. The molecule has 0 aromatic heterocycles. The lowest BCUT2D eigenvalue weighted by Crippen LogP contribution is -2.52. The van der Waals surface area contributed by atoms with Crippen LogP contribution in [0.2, 0.25) is 0 Å². The molecule has 0 radical (unpaired) electrons. The van der Waals surface area contributed by atoms with E-state index in [0.29, 0.717) is 0 Å². The van der Waals surface area contributed by atoms with Crippen LogP contribution in [0.5, 0.6) is 0 Å². The van der Waals surface area contributed by atoms with E-state index >= 15 is 0 Å². The zero-order chi connectivity index (χ0) is 12.7. The minimum Gasteiger partial charge on any atom is -0.323 e.